The van der Waals surface area contributed by atoms with Crippen molar-refractivity contribution in [2.45, 2.75) is 82.6 Å². The van der Waals surface area contributed by atoms with Crippen LogP contribution in [0.3, 0.4) is 0 Å². The van der Waals surface area contributed by atoms with E-state index >= 15 is 0 Å². The van der Waals surface area contributed by atoms with Crippen molar-refractivity contribution < 1.29 is 9.53 Å². The van der Waals surface area contributed by atoms with Crippen molar-refractivity contribution >= 4 is 18.3 Å². The van der Waals surface area contributed by atoms with Gasteiger partial charge >= 0.3 is 0 Å². The third-order valence-corrected chi connectivity index (χ3v) is 4.15. The van der Waals surface area contributed by atoms with E-state index in [1.165, 1.54) is 0 Å². The number of amides is 1. The van der Waals surface area contributed by atoms with Gasteiger partial charge in [0.05, 0.1) is 12.2 Å². The molecule has 2 aliphatic rings. The van der Waals surface area contributed by atoms with Gasteiger partial charge in [-0.25, -0.2) is 0 Å². The Kier molecular flexibility index (Phi) is 7.11. The highest BCUT2D eigenvalue weighted by Gasteiger charge is 2.23. The van der Waals surface area contributed by atoms with Gasteiger partial charge in [0, 0.05) is 18.5 Å². The number of hydrogen-bond acceptors (Lipinski definition) is 3. The molecule has 0 bridgehead atoms. The van der Waals surface area contributed by atoms with Crippen molar-refractivity contribution in [1.82, 2.24) is 5.32 Å². The number of ether oxygens (including phenoxy) is 1. The molecule has 3 N–H and O–H groups in total. The molecular weight excluding hydrogens is 264 g/mol. The van der Waals surface area contributed by atoms with Gasteiger partial charge < -0.3 is 15.8 Å². The summed E-state index contributed by atoms with van der Waals surface area (Å²) in [5.74, 6) is 0.179. The van der Waals surface area contributed by atoms with E-state index in [4.69, 9.17) is 10.5 Å². The van der Waals surface area contributed by atoms with E-state index < -0.39 is 0 Å². The Balaban J connectivity index is 0.00000180. The molecule has 5 heteroatoms. The zero-order valence-corrected chi connectivity index (χ0v) is 12.6. The van der Waals surface area contributed by atoms with Crippen LogP contribution in [0.15, 0.2) is 0 Å². The highest BCUT2D eigenvalue weighted by molar-refractivity contribution is 5.85. The van der Waals surface area contributed by atoms with E-state index in [0.29, 0.717) is 30.7 Å². The summed E-state index contributed by atoms with van der Waals surface area (Å²) in [5.41, 5.74) is 5.85. The molecule has 2 atom stereocenters. The highest BCUT2D eigenvalue weighted by Crippen LogP contribution is 2.23. The van der Waals surface area contributed by atoms with Gasteiger partial charge in [-0.3, -0.25) is 4.79 Å². The van der Waals surface area contributed by atoms with Crippen molar-refractivity contribution in [1.29, 1.82) is 0 Å². The van der Waals surface area contributed by atoms with E-state index in [0.717, 1.165) is 44.9 Å². The first-order valence-electron chi connectivity index (χ1n) is 7.34. The molecule has 0 radical (unpaired) electrons. The topological polar surface area (TPSA) is 64.4 Å². The first-order valence-corrected chi connectivity index (χ1v) is 7.34. The molecule has 1 aliphatic heterocycles. The highest BCUT2D eigenvalue weighted by atomic mass is 35.5. The van der Waals surface area contributed by atoms with E-state index in [1.54, 1.807) is 0 Å². The summed E-state index contributed by atoms with van der Waals surface area (Å²) in [7, 11) is 0. The number of carbonyl (C=O) groups is 1. The second-order valence-electron chi connectivity index (χ2n) is 5.86. The van der Waals surface area contributed by atoms with Crippen LogP contribution < -0.4 is 11.1 Å². The lowest BCUT2D eigenvalue weighted by Gasteiger charge is -2.27. The summed E-state index contributed by atoms with van der Waals surface area (Å²) in [6.07, 6.45) is 8.50. The van der Waals surface area contributed by atoms with Gasteiger partial charge in [-0.15, -0.1) is 12.4 Å². The number of hydrogen-bond donors (Lipinski definition) is 2. The average Bonchev–Trinajstić information content (AvgIpc) is 2.76. The summed E-state index contributed by atoms with van der Waals surface area (Å²) in [4.78, 5) is 11.8. The number of halogens is 1. The molecule has 2 unspecified atom stereocenters. The molecule has 2 fully saturated rings. The smallest absolute Gasteiger partial charge is 0.220 e. The summed E-state index contributed by atoms with van der Waals surface area (Å²) in [6, 6.07) is 0.687. The van der Waals surface area contributed by atoms with Crippen molar-refractivity contribution in [2.75, 3.05) is 0 Å². The molecule has 0 aromatic carbocycles. The van der Waals surface area contributed by atoms with Crippen LogP contribution in [-0.4, -0.2) is 30.2 Å². The van der Waals surface area contributed by atoms with Crippen LogP contribution in [0.4, 0.5) is 0 Å². The maximum Gasteiger partial charge on any atom is 0.220 e. The minimum atomic E-state index is 0. The van der Waals surface area contributed by atoms with Gasteiger partial charge in [0.15, 0.2) is 0 Å². The summed E-state index contributed by atoms with van der Waals surface area (Å²) in [6.45, 7) is 2.10. The molecule has 1 amide bonds. The Bertz CT molecular complexity index is 281. The number of carbonyl (C=O) groups excluding carboxylic acids is 1. The zero-order valence-electron chi connectivity index (χ0n) is 11.8. The van der Waals surface area contributed by atoms with Gasteiger partial charge in [0.25, 0.3) is 0 Å². The SMILES string of the molecule is CC1CCC(CCC(=O)NC2CCC(N)CC2)O1.Cl. The molecule has 19 heavy (non-hydrogen) atoms. The second-order valence-corrected chi connectivity index (χ2v) is 5.86. The Morgan fingerprint density at radius 3 is 2.47 bits per heavy atom. The van der Waals surface area contributed by atoms with Crippen LogP contribution >= 0.6 is 12.4 Å². The Hall–Kier alpha value is -0.320. The van der Waals surface area contributed by atoms with Crippen LogP contribution in [0.1, 0.15) is 58.3 Å². The molecule has 1 saturated carbocycles. The second kappa shape index (κ2) is 8.08. The lowest BCUT2D eigenvalue weighted by Crippen LogP contribution is -2.40. The van der Waals surface area contributed by atoms with E-state index in [9.17, 15) is 4.79 Å². The normalized spacial score (nSPS) is 34.6. The fourth-order valence-electron chi connectivity index (χ4n) is 2.95. The Morgan fingerprint density at radius 1 is 1.21 bits per heavy atom. The monoisotopic (exact) mass is 290 g/mol. The number of nitrogens with one attached hydrogen (secondary N) is 1. The minimum Gasteiger partial charge on any atom is -0.375 e. The number of rotatable bonds is 4. The van der Waals surface area contributed by atoms with Gasteiger partial charge in [-0.05, 0) is 51.9 Å². The Morgan fingerprint density at radius 2 is 1.89 bits per heavy atom. The van der Waals surface area contributed by atoms with Gasteiger partial charge in [-0.2, -0.15) is 0 Å². The largest absolute Gasteiger partial charge is 0.375 e. The molecule has 2 rings (SSSR count). The molecule has 4 nitrogen and oxygen atoms in total. The predicted molar refractivity (Wildman–Crippen MR) is 78.4 cm³/mol. The first-order chi connectivity index (χ1) is 8.63. The molecule has 0 spiro atoms. The Labute approximate surface area is 122 Å². The van der Waals surface area contributed by atoms with Crippen LogP contribution in [-0.2, 0) is 9.53 Å². The molecular formula is C14H27ClN2O2. The number of nitrogens with two attached hydrogens (primary N) is 1. The van der Waals surface area contributed by atoms with Crippen LogP contribution in [0, 0.1) is 0 Å². The maximum atomic E-state index is 11.8. The average molecular weight is 291 g/mol. The molecule has 0 aromatic rings. The van der Waals surface area contributed by atoms with Gasteiger partial charge in [0.2, 0.25) is 5.91 Å². The third-order valence-electron chi connectivity index (χ3n) is 4.15. The van der Waals surface area contributed by atoms with Crippen molar-refractivity contribution in [2.24, 2.45) is 5.73 Å². The quantitative estimate of drug-likeness (QED) is 0.834. The molecule has 1 saturated heterocycles. The van der Waals surface area contributed by atoms with Crippen molar-refractivity contribution in [3.05, 3.63) is 0 Å². The first kappa shape index (κ1) is 16.7. The van der Waals surface area contributed by atoms with Gasteiger partial charge in [0.1, 0.15) is 0 Å². The third kappa shape index (κ3) is 5.67. The predicted octanol–water partition coefficient (Wildman–Crippen LogP) is 2.14. The molecule has 112 valence electrons. The van der Waals surface area contributed by atoms with E-state index in [2.05, 4.69) is 12.2 Å². The molecule has 1 heterocycles. The van der Waals surface area contributed by atoms with Gasteiger partial charge in [-0.1, -0.05) is 0 Å². The molecule has 1 aliphatic carbocycles. The lowest BCUT2D eigenvalue weighted by molar-refractivity contribution is -0.122. The summed E-state index contributed by atoms with van der Waals surface area (Å²) < 4.78 is 5.72. The van der Waals surface area contributed by atoms with E-state index in [1.807, 2.05) is 0 Å². The van der Waals surface area contributed by atoms with Crippen LogP contribution in [0.25, 0.3) is 0 Å². The fraction of sp³-hybridized carbons (Fsp3) is 0.929. The van der Waals surface area contributed by atoms with Crippen LogP contribution in [0.2, 0.25) is 0 Å². The summed E-state index contributed by atoms with van der Waals surface area (Å²) >= 11 is 0. The minimum absolute atomic E-state index is 0. The fourth-order valence-corrected chi connectivity index (χ4v) is 2.95. The zero-order chi connectivity index (χ0) is 13.0. The lowest BCUT2D eigenvalue weighted by atomic mass is 9.92. The van der Waals surface area contributed by atoms with Crippen molar-refractivity contribution in [3.8, 4) is 0 Å². The maximum absolute atomic E-state index is 11.8. The summed E-state index contributed by atoms with van der Waals surface area (Å²) in [5, 5.41) is 3.12. The molecule has 0 aromatic heterocycles. The van der Waals surface area contributed by atoms with Crippen molar-refractivity contribution in [3.63, 3.8) is 0 Å². The van der Waals surface area contributed by atoms with E-state index in [-0.39, 0.29) is 18.3 Å². The van der Waals surface area contributed by atoms with Crippen LogP contribution in [0.5, 0.6) is 0 Å². The standard InChI is InChI=1S/C14H26N2O2.ClH/c1-10-2-7-13(18-10)8-9-14(17)16-12-5-3-11(15)4-6-12;/h10-13H,2-9,15H2,1H3,(H,16,17);1H.